The number of hydrogen-bond donors (Lipinski definition) is 3. The first-order valence-corrected chi connectivity index (χ1v) is 17.3. The van der Waals surface area contributed by atoms with Crippen molar-refractivity contribution in [3.63, 3.8) is 0 Å². The van der Waals surface area contributed by atoms with E-state index in [1.54, 1.807) is 0 Å². The summed E-state index contributed by atoms with van der Waals surface area (Å²) in [6.07, 6.45) is 24.1. The molecule has 5 nitrogen and oxygen atoms in total. The molecule has 0 heterocycles. The Morgan fingerprint density at radius 3 is 1.33 bits per heavy atom. The van der Waals surface area contributed by atoms with Gasteiger partial charge in [0.05, 0.1) is 5.75 Å². The normalized spacial score (nSPS) is 12.4. The Bertz CT molecular complexity index is 547. The van der Waals surface area contributed by atoms with Gasteiger partial charge in [-0.25, -0.2) is 13.1 Å². The van der Waals surface area contributed by atoms with Gasteiger partial charge in [-0.05, 0) is 57.3 Å². The highest BCUT2D eigenvalue weighted by molar-refractivity contribution is 7.89. The highest BCUT2D eigenvalue weighted by Gasteiger charge is 2.09. The van der Waals surface area contributed by atoms with Crippen LogP contribution in [0.15, 0.2) is 0 Å². The number of rotatable bonds is 28. The molecule has 0 aliphatic rings. The number of hydrogen-bond acceptors (Lipinski definition) is 4. The first-order valence-electron chi connectivity index (χ1n) is 15.7. The zero-order valence-corrected chi connectivity index (χ0v) is 25.7. The van der Waals surface area contributed by atoms with E-state index in [4.69, 9.17) is 0 Å². The van der Waals surface area contributed by atoms with Crippen LogP contribution in [0.5, 0.6) is 0 Å². The van der Waals surface area contributed by atoms with Gasteiger partial charge in [0.15, 0.2) is 0 Å². The van der Waals surface area contributed by atoms with Crippen molar-refractivity contribution in [2.45, 2.75) is 150 Å². The van der Waals surface area contributed by atoms with Crippen molar-refractivity contribution in [2.75, 3.05) is 38.5 Å². The SMILES string of the molecule is CCCCCCCCCCCCCCCCCCS(=O)(=O)NCCCNCCCNCCC(C)(C)C. The number of sulfonamides is 1. The van der Waals surface area contributed by atoms with Crippen molar-refractivity contribution in [1.29, 1.82) is 0 Å². The molecular formula is C30H65N3O2S. The van der Waals surface area contributed by atoms with E-state index >= 15 is 0 Å². The molecule has 0 unspecified atom stereocenters. The zero-order chi connectivity index (χ0) is 26.8. The van der Waals surface area contributed by atoms with Crippen LogP contribution in [0.3, 0.4) is 0 Å². The lowest BCUT2D eigenvalue weighted by Crippen LogP contribution is -2.30. The highest BCUT2D eigenvalue weighted by Crippen LogP contribution is 2.17. The summed E-state index contributed by atoms with van der Waals surface area (Å²) in [7, 11) is -3.11. The van der Waals surface area contributed by atoms with Crippen LogP contribution < -0.4 is 15.4 Å². The molecule has 3 N–H and O–H groups in total. The Morgan fingerprint density at radius 2 is 0.889 bits per heavy atom. The molecule has 0 radical (unpaired) electrons. The molecule has 0 saturated heterocycles. The van der Waals surface area contributed by atoms with E-state index < -0.39 is 10.0 Å². The summed E-state index contributed by atoms with van der Waals surface area (Å²) in [6.45, 7) is 13.6. The highest BCUT2D eigenvalue weighted by atomic mass is 32.2. The Morgan fingerprint density at radius 1 is 0.500 bits per heavy atom. The monoisotopic (exact) mass is 531 g/mol. The molecule has 0 aromatic rings. The van der Waals surface area contributed by atoms with Gasteiger partial charge in [0.1, 0.15) is 0 Å². The third kappa shape index (κ3) is 30.1. The molecule has 0 amide bonds. The quantitative estimate of drug-likeness (QED) is 0.0911. The van der Waals surface area contributed by atoms with Crippen molar-refractivity contribution in [1.82, 2.24) is 15.4 Å². The summed E-state index contributed by atoms with van der Waals surface area (Å²) in [5.41, 5.74) is 0.393. The van der Waals surface area contributed by atoms with Gasteiger partial charge in [-0.15, -0.1) is 0 Å². The van der Waals surface area contributed by atoms with Gasteiger partial charge in [-0.1, -0.05) is 124 Å². The minimum atomic E-state index is -3.11. The van der Waals surface area contributed by atoms with Gasteiger partial charge in [0.2, 0.25) is 10.0 Å². The van der Waals surface area contributed by atoms with E-state index in [2.05, 4.69) is 43.1 Å². The van der Waals surface area contributed by atoms with Crippen molar-refractivity contribution in [3.05, 3.63) is 0 Å². The van der Waals surface area contributed by atoms with Gasteiger partial charge in [-0.3, -0.25) is 0 Å². The van der Waals surface area contributed by atoms with Gasteiger partial charge in [0, 0.05) is 6.54 Å². The van der Waals surface area contributed by atoms with Crippen LogP contribution in [-0.4, -0.2) is 46.9 Å². The van der Waals surface area contributed by atoms with Crippen molar-refractivity contribution >= 4 is 10.0 Å². The predicted octanol–water partition coefficient (Wildman–Crippen LogP) is 7.56. The molecule has 0 atom stereocenters. The third-order valence-electron chi connectivity index (χ3n) is 6.88. The van der Waals surface area contributed by atoms with E-state index in [0.29, 0.717) is 12.0 Å². The van der Waals surface area contributed by atoms with Crippen molar-refractivity contribution in [3.8, 4) is 0 Å². The second-order valence-electron chi connectivity index (χ2n) is 12.0. The minimum Gasteiger partial charge on any atom is -0.317 e. The minimum absolute atomic E-state index is 0.277. The molecule has 0 rings (SSSR count). The Kier molecular flexibility index (Phi) is 25.0. The van der Waals surface area contributed by atoms with Crippen LogP contribution in [0, 0.1) is 5.41 Å². The van der Waals surface area contributed by atoms with Crippen LogP contribution in [0.4, 0.5) is 0 Å². The molecule has 36 heavy (non-hydrogen) atoms. The van der Waals surface area contributed by atoms with Gasteiger partial charge in [-0.2, -0.15) is 0 Å². The fourth-order valence-electron chi connectivity index (χ4n) is 4.41. The lowest BCUT2D eigenvalue weighted by atomic mass is 9.92. The Labute approximate surface area is 227 Å². The molecule has 0 spiro atoms. The van der Waals surface area contributed by atoms with E-state index in [1.165, 1.54) is 96.3 Å². The summed E-state index contributed by atoms with van der Waals surface area (Å²) in [5, 5.41) is 6.89. The van der Waals surface area contributed by atoms with Gasteiger partial charge in [0.25, 0.3) is 0 Å². The van der Waals surface area contributed by atoms with Crippen LogP contribution >= 0.6 is 0 Å². The van der Waals surface area contributed by atoms with E-state index in [-0.39, 0.29) is 5.75 Å². The predicted molar refractivity (Wildman–Crippen MR) is 160 cm³/mol. The molecule has 0 aliphatic heterocycles. The average Bonchev–Trinajstić information content (AvgIpc) is 2.81. The first-order chi connectivity index (χ1) is 17.3. The van der Waals surface area contributed by atoms with Crippen LogP contribution in [0.1, 0.15) is 150 Å². The maximum atomic E-state index is 12.1. The fourth-order valence-corrected chi connectivity index (χ4v) is 5.59. The van der Waals surface area contributed by atoms with Gasteiger partial charge >= 0.3 is 0 Å². The summed E-state index contributed by atoms with van der Waals surface area (Å²) >= 11 is 0. The van der Waals surface area contributed by atoms with Crippen LogP contribution in [0.25, 0.3) is 0 Å². The Balaban J connectivity index is 3.32. The number of nitrogens with one attached hydrogen (secondary N) is 3. The second kappa shape index (κ2) is 25.1. The van der Waals surface area contributed by atoms with E-state index in [1.807, 2.05) is 0 Å². The molecule has 0 fully saturated rings. The second-order valence-corrected chi connectivity index (χ2v) is 14.0. The topological polar surface area (TPSA) is 70.2 Å². The van der Waals surface area contributed by atoms with Crippen molar-refractivity contribution < 1.29 is 8.42 Å². The smallest absolute Gasteiger partial charge is 0.211 e. The van der Waals surface area contributed by atoms with E-state index in [9.17, 15) is 8.42 Å². The molecular weight excluding hydrogens is 466 g/mol. The van der Waals surface area contributed by atoms with Gasteiger partial charge < -0.3 is 10.6 Å². The third-order valence-corrected chi connectivity index (χ3v) is 8.35. The summed E-state index contributed by atoms with van der Waals surface area (Å²) in [4.78, 5) is 0. The fraction of sp³-hybridized carbons (Fsp3) is 1.00. The molecule has 218 valence electrons. The van der Waals surface area contributed by atoms with Crippen molar-refractivity contribution in [2.24, 2.45) is 5.41 Å². The summed E-state index contributed by atoms with van der Waals surface area (Å²) in [6, 6.07) is 0. The lowest BCUT2D eigenvalue weighted by Gasteiger charge is -2.18. The average molecular weight is 532 g/mol. The summed E-state index contributed by atoms with van der Waals surface area (Å²) in [5.74, 6) is 0.277. The summed E-state index contributed by atoms with van der Waals surface area (Å²) < 4.78 is 27.1. The zero-order valence-electron chi connectivity index (χ0n) is 24.9. The molecule has 0 aromatic carbocycles. The number of unbranched alkanes of at least 4 members (excludes halogenated alkanes) is 15. The molecule has 6 heteroatoms. The first kappa shape index (κ1) is 35.8. The molecule has 0 bridgehead atoms. The molecule has 0 aliphatic carbocycles. The molecule has 0 saturated carbocycles. The maximum absolute atomic E-state index is 12.1. The molecule has 0 aromatic heterocycles. The van der Waals surface area contributed by atoms with Crippen LogP contribution in [-0.2, 0) is 10.0 Å². The standard InChI is InChI=1S/C30H65N3O2S/c1-5-6-7-8-9-10-11-12-13-14-15-16-17-18-19-20-29-36(34,35)33-27-22-26-31-24-21-25-32-28-23-30(2,3)4/h31-33H,5-29H2,1-4H3. The maximum Gasteiger partial charge on any atom is 0.211 e. The van der Waals surface area contributed by atoms with Crippen LogP contribution in [0.2, 0.25) is 0 Å². The van der Waals surface area contributed by atoms with E-state index in [0.717, 1.165) is 51.9 Å². The largest absolute Gasteiger partial charge is 0.317 e. The lowest BCUT2D eigenvalue weighted by molar-refractivity contribution is 0.366. The Hall–Kier alpha value is -0.170.